The molecule has 1 amide bonds. The van der Waals surface area contributed by atoms with Gasteiger partial charge in [0.25, 0.3) is 5.91 Å². The molecule has 0 aliphatic rings. The number of aromatic nitrogens is 1. The molecule has 4 N–H and O–H groups in total. The lowest BCUT2D eigenvalue weighted by Gasteiger charge is -2.09. The third kappa shape index (κ3) is 3.39. The average Bonchev–Trinajstić information content (AvgIpc) is 2.46. The van der Waals surface area contributed by atoms with Crippen molar-refractivity contribution in [1.29, 1.82) is 0 Å². The van der Waals surface area contributed by atoms with Crippen LogP contribution in [0.1, 0.15) is 19.4 Å². The minimum Gasteiger partial charge on any atom is -0.347 e. The molecule has 0 aliphatic heterocycles. The molecule has 0 aliphatic carbocycles. The lowest BCUT2D eigenvalue weighted by atomic mass is 10.1. The Kier molecular flexibility index (Phi) is 4.42. The van der Waals surface area contributed by atoms with E-state index < -0.39 is 0 Å². The largest absolute Gasteiger partial charge is 0.347 e. The topological polar surface area (TPSA) is 82.0 Å². The first-order valence-corrected chi connectivity index (χ1v) is 6.58. The highest BCUT2D eigenvalue weighted by atomic mass is 16.2. The second-order valence-corrected chi connectivity index (χ2v) is 5.04. The van der Waals surface area contributed by atoms with E-state index >= 15 is 0 Å². The van der Waals surface area contributed by atoms with Crippen molar-refractivity contribution in [3.63, 3.8) is 0 Å². The summed E-state index contributed by atoms with van der Waals surface area (Å²) in [6.45, 7) is 3.91. The van der Waals surface area contributed by atoms with Crippen LogP contribution in [0.2, 0.25) is 0 Å². The van der Waals surface area contributed by atoms with Gasteiger partial charge < -0.3 is 5.73 Å². The third-order valence-corrected chi connectivity index (χ3v) is 3.16. The summed E-state index contributed by atoms with van der Waals surface area (Å²) in [5, 5.41) is 5.01. The minimum absolute atomic E-state index is 0.168. The second-order valence-electron chi connectivity index (χ2n) is 5.04. The van der Waals surface area contributed by atoms with Crippen LogP contribution in [0.15, 0.2) is 41.6 Å². The molecule has 5 heteroatoms. The first kappa shape index (κ1) is 14.1. The zero-order valence-electron chi connectivity index (χ0n) is 11.7. The molecule has 1 atom stereocenters. The molecule has 0 saturated carbocycles. The van der Waals surface area contributed by atoms with Crippen LogP contribution < -0.4 is 11.2 Å². The van der Waals surface area contributed by atoms with Crippen LogP contribution >= 0.6 is 0 Å². The van der Waals surface area contributed by atoms with E-state index in [0.29, 0.717) is 0 Å². The Balaban J connectivity index is 2.04. The van der Waals surface area contributed by atoms with Crippen LogP contribution in [0.25, 0.3) is 10.9 Å². The van der Waals surface area contributed by atoms with Crippen molar-refractivity contribution in [2.45, 2.75) is 19.9 Å². The molecule has 1 aromatic carbocycles. The maximum atomic E-state index is 11.7. The van der Waals surface area contributed by atoms with E-state index in [1.165, 1.54) is 0 Å². The molecule has 0 spiro atoms. The molecule has 2 aromatic rings. The summed E-state index contributed by atoms with van der Waals surface area (Å²) in [5.41, 5.74) is 8.17. The summed E-state index contributed by atoms with van der Waals surface area (Å²) in [7, 11) is 0. The number of benzene rings is 1. The number of carbonyl (C=O) groups excluding carboxylic acids is 1. The monoisotopic (exact) mass is 271 g/mol. The average molecular weight is 271 g/mol. The number of amides is 1. The Labute approximate surface area is 117 Å². The van der Waals surface area contributed by atoms with Crippen molar-refractivity contribution in [3.8, 4) is 0 Å². The number of hydrogen-bond donors (Lipinski definition) is 2. The van der Waals surface area contributed by atoms with Gasteiger partial charge in [-0.2, -0.15) is 5.10 Å². The molecule has 2 rings (SSSR count). The highest BCUT2D eigenvalue weighted by Crippen LogP contribution is 2.11. The predicted octanol–water partition coefficient (Wildman–Crippen LogP) is 0.951. The molecule has 0 radical (unpaired) electrons. The van der Waals surface area contributed by atoms with Crippen LogP contribution in [-0.4, -0.2) is 23.1 Å². The van der Waals surface area contributed by atoms with Gasteiger partial charge in [-0.05, 0) is 23.8 Å². The molecule has 0 bridgehead atoms. The summed E-state index contributed by atoms with van der Waals surface area (Å²) in [5.74, 6) is 0.0237. The van der Waals surface area contributed by atoms with Gasteiger partial charge in [-0.1, -0.05) is 26.0 Å². The van der Waals surface area contributed by atoms with Crippen molar-refractivity contribution >= 4 is 23.0 Å². The van der Waals surface area contributed by atoms with Crippen LogP contribution in [-0.2, 0) is 4.79 Å². The Hall–Kier alpha value is -2.27. The number of rotatable bonds is 4. The van der Waals surface area contributed by atoms with Crippen LogP contribution in [0.5, 0.6) is 0 Å². The van der Waals surface area contributed by atoms with E-state index in [-0.39, 0.29) is 17.9 Å². The zero-order chi connectivity index (χ0) is 14.5. The normalized spacial score (nSPS) is 13.0. The molecular weight excluding hydrogens is 252 g/mol. The maximum absolute atomic E-state index is 11.7. The number of nitrogens with one attached hydrogen (secondary N) is 1. The highest BCUT2D eigenvalue weighted by molar-refractivity contribution is 5.89. The molecule has 1 aromatic heterocycles. The van der Waals surface area contributed by atoms with Gasteiger partial charge >= 0.3 is 0 Å². The van der Waals surface area contributed by atoms with Gasteiger partial charge in [-0.25, -0.2) is 5.43 Å². The van der Waals surface area contributed by atoms with Crippen LogP contribution in [0.4, 0.5) is 0 Å². The molecule has 1 heterocycles. The first-order valence-electron chi connectivity index (χ1n) is 6.58. The number of nitrogens with zero attached hydrogens (tertiary/aromatic N) is 2. The summed E-state index contributed by atoms with van der Waals surface area (Å²) in [4.78, 5) is 15.9. The van der Waals surface area contributed by atoms with E-state index in [4.69, 9.17) is 0 Å². The summed E-state index contributed by atoms with van der Waals surface area (Å²) < 4.78 is 0. The zero-order valence-corrected chi connectivity index (χ0v) is 11.7. The molecule has 0 saturated heterocycles. The number of hydrogen-bond acceptors (Lipinski definition) is 3. The number of fused-ring (bicyclic) bond motifs is 1. The summed E-state index contributed by atoms with van der Waals surface area (Å²) in [6.07, 6.45) is 3.38. The fourth-order valence-corrected chi connectivity index (χ4v) is 1.73. The number of pyridine rings is 1. The molecule has 104 valence electrons. The van der Waals surface area contributed by atoms with Gasteiger partial charge in [-0.15, -0.1) is 0 Å². The van der Waals surface area contributed by atoms with Crippen molar-refractivity contribution < 1.29 is 10.5 Å². The van der Waals surface area contributed by atoms with Gasteiger partial charge in [-0.3, -0.25) is 9.78 Å². The van der Waals surface area contributed by atoms with E-state index in [2.05, 4.69) is 21.2 Å². The van der Waals surface area contributed by atoms with Crippen molar-refractivity contribution in [2.75, 3.05) is 0 Å². The van der Waals surface area contributed by atoms with E-state index in [1.54, 1.807) is 12.4 Å². The highest BCUT2D eigenvalue weighted by Gasteiger charge is 2.20. The number of quaternary nitrogens is 1. The maximum Gasteiger partial charge on any atom is 0.298 e. The van der Waals surface area contributed by atoms with Gasteiger partial charge in [0.15, 0.2) is 6.04 Å². The smallest absolute Gasteiger partial charge is 0.298 e. The van der Waals surface area contributed by atoms with Crippen molar-refractivity contribution in [1.82, 2.24) is 10.4 Å². The van der Waals surface area contributed by atoms with Gasteiger partial charge in [0.2, 0.25) is 0 Å². The molecule has 0 fully saturated rings. The lowest BCUT2D eigenvalue weighted by molar-refractivity contribution is -0.414. The quantitative estimate of drug-likeness (QED) is 0.641. The predicted molar refractivity (Wildman–Crippen MR) is 79.0 cm³/mol. The minimum atomic E-state index is -0.298. The summed E-state index contributed by atoms with van der Waals surface area (Å²) >= 11 is 0. The lowest BCUT2D eigenvalue weighted by Crippen LogP contribution is -2.69. The summed E-state index contributed by atoms with van der Waals surface area (Å²) in [6, 6.07) is 9.39. The van der Waals surface area contributed by atoms with E-state index in [1.807, 2.05) is 44.2 Å². The van der Waals surface area contributed by atoms with Crippen molar-refractivity contribution in [3.05, 3.63) is 42.1 Å². The van der Waals surface area contributed by atoms with E-state index in [0.717, 1.165) is 16.5 Å². The fraction of sp³-hybridized carbons (Fsp3) is 0.267. The Bertz CT molecular complexity index is 637. The third-order valence-electron chi connectivity index (χ3n) is 3.16. The van der Waals surface area contributed by atoms with Crippen molar-refractivity contribution in [2.24, 2.45) is 11.0 Å². The first-order chi connectivity index (χ1) is 9.58. The van der Waals surface area contributed by atoms with Gasteiger partial charge in [0.05, 0.1) is 11.7 Å². The second kappa shape index (κ2) is 6.25. The fourth-order valence-electron chi connectivity index (χ4n) is 1.73. The van der Waals surface area contributed by atoms with Gasteiger partial charge in [0.1, 0.15) is 0 Å². The Morgan fingerprint density at radius 1 is 1.40 bits per heavy atom. The molecule has 0 unspecified atom stereocenters. The van der Waals surface area contributed by atoms with Crippen LogP contribution in [0, 0.1) is 5.92 Å². The standard InChI is InChI=1S/C15H18N4O/c1-10(2)14(16)15(20)19-18-9-11-5-6-13-12(8-11)4-3-7-17-13/h3-10,14H,16H2,1-2H3,(H,19,20)/p+1/b18-9-/t14-/m1/s1. The van der Waals surface area contributed by atoms with Gasteiger partial charge in [0, 0.05) is 17.5 Å². The molecule has 5 nitrogen and oxygen atoms in total. The molecular formula is C15H19N4O+. The Morgan fingerprint density at radius 2 is 2.20 bits per heavy atom. The van der Waals surface area contributed by atoms with E-state index in [9.17, 15) is 4.79 Å². The molecule has 20 heavy (non-hydrogen) atoms. The van der Waals surface area contributed by atoms with Crippen LogP contribution in [0.3, 0.4) is 0 Å². The SMILES string of the molecule is CC(C)[C@@H]([NH3+])C(=O)N/N=C\c1ccc2ncccc2c1. The number of hydrazone groups is 1. The number of carbonyl (C=O) groups is 1. The Morgan fingerprint density at radius 3 is 2.95 bits per heavy atom.